The van der Waals surface area contributed by atoms with Gasteiger partial charge in [0.15, 0.2) is 11.6 Å². The third-order valence-electron chi connectivity index (χ3n) is 2.58. The fourth-order valence-electron chi connectivity index (χ4n) is 1.54. The van der Waals surface area contributed by atoms with Crippen LogP contribution in [-0.4, -0.2) is 4.98 Å². The van der Waals surface area contributed by atoms with Crippen LogP contribution in [0.25, 0.3) is 0 Å². The highest BCUT2D eigenvalue weighted by atomic mass is 16.5. The summed E-state index contributed by atoms with van der Waals surface area (Å²) in [6.45, 7) is 2.59. The van der Waals surface area contributed by atoms with Crippen LogP contribution in [0, 0.1) is 0 Å². The van der Waals surface area contributed by atoms with Crippen LogP contribution in [0.1, 0.15) is 18.1 Å². The minimum Gasteiger partial charge on any atom is -0.485 e. The molecule has 1 aromatic carbocycles. The number of aryl methyl sites for hydroxylation is 1. The van der Waals surface area contributed by atoms with Gasteiger partial charge in [-0.2, -0.15) is 0 Å². The zero-order chi connectivity index (χ0) is 12.1. The number of nitrogens with zero attached hydrogens (tertiary/aromatic N) is 1. The molecule has 0 bridgehead atoms. The van der Waals surface area contributed by atoms with Gasteiger partial charge in [-0.25, -0.2) is 4.98 Å². The van der Waals surface area contributed by atoms with Crippen molar-refractivity contribution in [2.24, 2.45) is 0 Å². The number of ether oxygens (including phenoxy) is 1. The van der Waals surface area contributed by atoms with Gasteiger partial charge >= 0.3 is 0 Å². The Labute approximate surface area is 101 Å². The molecule has 3 nitrogen and oxygen atoms in total. The van der Waals surface area contributed by atoms with E-state index in [9.17, 15) is 0 Å². The summed E-state index contributed by atoms with van der Waals surface area (Å²) in [5.41, 5.74) is 8.02. The van der Waals surface area contributed by atoms with Gasteiger partial charge in [-0.3, -0.25) is 0 Å². The molecule has 0 radical (unpaired) electrons. The van der Waals surface area contributed by atoms with E-state index in [4.69, 9.17) is 10.5 Å². The Morgan fingerprint density at radius 2 is 1.94 bits per heavy atom. The molecule has 1 aromatic heterocycles. The van der Waals surface area contributed by atoms with Crippen LogP contribution in [0.4, 0.5) is 5.82 Å². The van der Waals surface area contributed by atoms with Crippen molar-refractivity contribution >= 4 is 5.82 Å². The van der Waals surface area contributed by atoms with Crippen LogP contribution in [0.3, 0.4) is 0 Å². The van der Waals surface area contributed by atoms with E-state index in [0.717, 1.165) is 17.5 Å². The van der Waals surface area contributed by atoms with Crippen molar-refractivity contribution in [1.82, 2.24) is 4.98 Å². The number of pyridine rings is 1. The highest BCUT2D eigenvalue weighted by Crippen LogP contribution is 2.21. The molecule has 0 spiro atoms. The second-order valence-electron chi connectivity index (χ2n) is 3.85. The first-order valence-electron chi connectivity index (χ1n) is 5.70. The lowest BCUT2D eigenvalue weighted by Gasteiger charge is -2.09. The third kappa shape index (κ3) is 2.97. The van der Waals surface area contributed by atoms with Gasteiger partial charge in [-0.1, -0.05) is 37.3 Å². The molecule has 0 saturated carbocycles. The Bertz CT molecular complexity index is 483. The van der Waals surface area contributed by atoms with Crippen molar-refractivity contribution in [3.63, 3.8) is 0 Å². The van der Waals surface area contributed by atoms with Crippen molar-refractivity contribution in [3.05, 3.63) is 53.7 Å². The average Bonchev–Trinajstić information content (AvgIpc) is 2.39. The van der Waals surface area contributed by atoms with E-state index in [0.29, 0.717) is 18.2 Å². The monoisotopic (exact) mass is 228 g/mol. The molecule has 0 saturated heterocycles. The molecule has 0 fully saturated rings. The van der Waals surface area contributed by atoms with Crippen LogP contribution in [0.5, 0.6) is 5.75 Å². The van der Waals surface area contributed by atoms with E-state index in [1.165, 1.54) is 0 Å². The summed E-state index contributed by atoms with van der Waals surface area (Å²) >= 11 is 0. The number of rotatable bonds is 4. The number of benzene rings is 1. The highest BCUT2D eigenvalue weighted by Gasteiger charge is 2.03. The van der Waals surface area contributed by atoms with Crippen molar-refractivity contribution in [2.45, 2.75) is 20.0 Å². The van der Waals surface area contributed by atoms with E-state index >= 15 is 0 Å². The zero-order valence-corrected chi connectivity index (χ0v) is 9.89. The molecule has 2 N–H and O–H groups in total. The summed E-state index contributed by atoms with van der Waals surface area (Å²) in [5, 5.41) is 0. The van der Waals surface area contributed by atoms with Crippen LogP contribution in [0.15, 0.2) is 42.6 Å². The molecule has 88 valence electrons. The lowest BCUT2D eigenvalue weighted by molar-refractivity contribution is 0.306. The Hall–Kier alpha value is -2.03. The highest BCUT2D eigenvalue weighted by molar-refractivity contribution is 5.47. The fourth-order valence-corrected chi connectivity index (χ4v) is 1.54. The quantitative estimate of drug-likeness (QED) is 0.875. The maximum absolute atomic E-state index is 5.77. The number of nitrogen functional groups attached to an aromatic ring is 1. The minimum absolute atomic E-state index is 0.443. The van der Waals surface area contributed by atoms with Crippen LogP contribution in [-0.2, 0) is 13.0 Å². The van der Waals surface area contributed by atoms with E-state index < -0.39 is 0 Å². The molecule has 0 amide bonds. The second-order valence-corrected chi connectivity index (χ2v) is 3.85. The predicted octanol–water partition coefficient (Wildman–Crippen LogP) is 2.81. The molecule has 0 aliphatic heterocycles. The largest absolute Gasteiger partial charge is 0.485 e. The Morgan fingerprint density at radius 3 is 2.65 bits per heavy atom. The standard InChI is InChI=1S/C14H16N2O/c1-2-11-8-13(14(15)16-9-11)17-10-12-6-4-3-5-7-12/h3-9H,2,10H2,1H3,(H2,15,16). The SMILES string of the molecule is CCc1cnc(N)c(OCc2ccccc2)c1. The van der Waals surface area contributed by atoms with Crippen LogP contribution < -0.4 is 10.5 Å². The third-order valence-corrected chi connectivity index (χ3v) is 2.58. The summed E-state index contributed by atoms with van der Waals surface area (Å²) in [7, 11) is 0. The van der Waals surface area contributed by atoms with Gasteiger partial charge in [0.25, 0.3) is 0 Å². The van der Waals surface area contributed by atoms with Gasteiger partial charge < -0.3 is 10.5 Å². The van der Waals surface area contributed by atoms with E-state index in [1.807, 2.05) is 36.4 Å². The van der Waals surface area contributed by atoms with Crippen LogP contribution in [0.2, 0.25) is 0 Å². The first kappa shape index (κ1) is 11.5. The topological polar surface area (TPSA) is 48.1 Å². The number of anilines is 1. The first-order chi connectivity index (χ1) is 8.29. The number of nitrogens with two attached hydrogens (primary N) is 1. The molecule has 3 heteroatoms. The summed E-state index contributed by atoms with van der Waals surface area (Å²) in [5.74, 6) is 1.10. The minimum atomic E-state index is 0.443. The van der Waals surface area contributed by atoms with Crippen molar-refractivity contribution in [3.8, 4) is 5.75 Å². The Balaban J connectivity index is 2.08. The molecule has 0 aliphatic rings. The number of hydrogen-bond acceptors (Lipinski definition) is 3. The molecule has 2 rings (SSSR count). The van der Waals surface area contributed by atoms with Crippen molar-refractivity contribution in [2.75, 3.05) is 5.73 Å². The van der Waals surface area contributed by atoms with E-state index in [-0.39, 0.29) is 0 Å². The lowest BCUT2D eigenvalue weighted by Crippen LogP contribution is -2.01. The summed E-state index contributed by atoms with van der Waals surface area (Å²) in [6.07, 6.45) is 2.71. The zero-order valence-electron chi connectivity index (χ0n) is 9.89. The van der Waals surface area contributed by atoms with Crippen LogP contribution >= 0.6 is 0 Å². The normalized spacial score (nSPS) is 10.2. The van der Waals surface area contributed by atoms with Gasteiger partial charge in [0, 0.05) is 6.20 Å². The molecule has 0 atom stereocenters. The number of hydrogen-bond donors (Lipinski definition) is 1. The molecule has 0 unspecified atom stereocenters. The first-order valence-corrected chi connectivity index (χ1v) is 5.70. The Morgan fingerprint density at radius 1 is 1.18 bits per heavy atom. The maximum atomic E-state index is 5.77. The van der Waals surface area contributed by atoms with Gasteiger partial charge in [0.2, 0.25) is 0 Å². The van der Waals surface area contributed by atoms with Gasteiger partial charge in [-0.15, -0.1) is 0 Å². The second kappa shape index (κ2) is 5.34. The van der Waals surface area contributed by atoms with Gasteiger partial charge in [0.1, 0.15) is 6.61 Å². The number of aromatic nitrogens is 1. The maximum Gasteiger partial charge on any atom is 0.166 e. The predicted molar refractivity (Wildman–Crippen MR) is 68.8 cm³/mol. The van der Waals surface area contributed by atoms with Crippen molar-refractivity contribution in [1.29, 1.82) is 0 Å². The molecular weight excluding hydrogens is 212 g/mol. The molecule has 0 aliphatic carbocycles. The Kier molecular flexibility index (Phi) is 3.60. The van der Waals surface area contributed by atoms with Gasteiger partial charge in [0.05, 0.1) is 0 Å². The van der Waals surface area contributed by atoms with E-state index in [1.54, 1.807) is 6.20 Å². The summed E-state index contributed by atoms with van der Waals surface area (Å²) in [6, 6.07) is 12.0. The molecule has 2 aromatic rings. The summed E-state index contributed by atoms with van der Waals surface area (Å²) < 4.78 is 5.68. The fraction of sp³-hybridized carbons (Fsp3) is 0.214. The lowest BCUT2D eigenvalue weighted by atomic mass is 10.2. The molecular formula is C14H16N2O. The van der Waals surface area contributed by atoms with Gasteiger partial charge in [-0.05, 0) is 23.6 Å². The smallest absolute Gasteiger partial charge is 0.166 e. The molecule has 17 heavy (non-hydrogen) atoms. The van der Waals surface area contributed by atoms with E-state index in [2.05, 4.69) is 11.9 Å². The molecule has 1 heterocycles. The average molecular weight is 228 g/mol. The summed E-state index contributed by atoms with van der Waals surface area (Å²) in [4.78, 5) is 4.11. The van der Waals surface area contributed by atoms with Crippen molar-refractivity contribution < 1.29 is 4.74 Å².